The lowest BCUT2D eigenvalue weighted by molar-refractivity contribution is -0.116. The number of nitrogens with one attached hydrogen (secondary N) is 2. The monoisotopic (exact) mass is 491 g/mol. The van der Waals surface area contributed by atoms with Gasteiger partial charge in [-0.25, -0.2) is 8.42 Å². The predicted octanol–water partition coefficient (Wildman–Crippen LogP) is 4.18. The molecule has 33 heavy (non-hydrogen) atoms. The minimum Gasteiger partial charge on any atom is -0.352 e. The van der Waals surface area contributed by atoms with Crippen molar-refractivity contribution < 1.29 is 18.0 Å². The third kappa shape index (κ3) is 6.34. The number of halogens is 1. The first-order valence-corrected chi connectivity index (χ1v) is 12.8. The fourth-order valence-electron chi connectivity index (χ4n) is 3.58. The first-order valence-electron chi connectivity index (χ1n) is 11.0. The van der Waals surface area contributed by atoms with Crippen molar-refractivity contribution in [2.45, 2.75) is 50.3 Å². The van der Waals surface area contributed by atoms with Crippen LogP contribution >= 0.6 is 11.6 Å². The number of benzene rings is 2. The molecule has 3 rings (SSSR count). The second-order valence-electron chi connectivity index (χ2n) is 9.14. The van der Waals surface area contributed by atoms with E-state index in [4.69, 9.17) is 11.6 Å². The van der Waals surface area contributed by atoms with Crippen molar-refractivity contribution in [3.63, 3.8) is 0 Å². The Labute approximate surface area is 200 Å². The van der Waals surface area contributed by atoms with Crippen molar-refractivity contribution in [1.82, 2.24) is 9.62 Å². The highest BCUT2D eigenvalue weighted by atomic mass is 35.5. The molecule has 2 aromatic carbocycles. The molecular formula is C24H30ClN3O4S. The largest absolute Gasteiger partial charge is 0.352 e. The average Bonchev–Trinajstić information content (AvgIpc) is 3.30. The van der Waals surface area contributed by atoms with Gasteiger partial charge in [0.05, 0.1) is 5.02 Å². The standard InChI is InChI=1S/C24H30ClN3O4S/c1-24(2,3)18-8-6-17(7-9-18)23(30)26-13-12-22(29)27-19-10-11-20(25)21(16-19)33(31,32)28-14-4-5-15-28/h6-11,16H,4-5,12-15H2,1-3H3,(H,26,30)(H,27,29). The van der Waals surface area contributed by atoms with Gasteiger partial charge in [-0.15, -0.1) is 0 Å². The van der Waals surface area contributed by atoms with Crippen LogP contribution in [-0.2, 0) is 20.2 Å². The summed E-state index contributed by atoms with van der Waals surface area (Å²) in [4.78, 5) is 24.6. The van der Waals surface area contributed by atoms with Crippen molar-refractivity contribution in [3.05, 3.63) is 58.6 Å². The van der Waals surface area contributed by atoms with Crippen LogP contribution in [0, 0.1) is 0 Å². The van der Waals surface area contributed by atoms with E-state index >= 15 is 0 Å². The summed E-state index contributed by atoms with van der Waals surface area (Å²) >= 11 is 6.14. The summed E-state index contributed by atoms with van der Waals surface area (Å²) in [7, 11) is -3.71. The van der Waals surface area contributed by atoms with E-state index in [0.717, 1.165) is 18.4 Å². The Bertz CT molecular complexity index is 1120. The first kappa shape index (κ1) is 25.2. The zero-order chi connectivity index (χ0) is 24.2. The van der Waals surface area contributed by atoms with Gasteiger partial charge in [-0.2, -0.15) is 4.31 Å². The summed E-state index contributed by atoms with van der Waals surface area (Å²) in [6, 6.07) is 11.8. The second-order valence-corrected chi connectivity index (χ2v) is 11.5. The van der Waals surface area contributed by atoms with Crippen LogP contribution in [0.15, 0.2) is 47.4 Å². The van der Waals surface area contributed by atoms with Gasteiger partial charge in [-0.1, -0.05) is 44.5 Å². The Morgan fingerprint density at radius 2 is 1.67 bits per heavy atom. The third-order valence-electron chi connectivity index (χ3n) is 5.55. The Hall–Kier alpha value is -2.42. The van der Waals surface area contributed by atoms with Crippen LogP contribution in [0.2, 0.25) is 5.02 Å². The molecule has 0 radical (unpaired) electrons. The minimum absolute atomic E-state index is 0.00242. The molecule has 0 aliphatic carbocycles. The molecule has 1 saturated heterocycles. The smallest absolute Gasteiger partial charge is 0.251 e. The second kappa shape index (κ2) is 10.2. The summed E-state index contributed by atoms with van der Waals surface area (Å²) in [5, 5.41) is 5.53. The van der Waals surface area contributed by atoms with Crippen molar-refractivity contribution in [3.8, 4) is 0 Å². The highest BCUT2D eigenvalue weighted by Crippen LogP contribution is 2.29. The van der Waals surface area contributed by atoms with Crippen molar-refractivity contribution in [2.75, 3.05) is 25.0 Å². The fourth-order valence-corrected chi connectivity index (χ4v) is 5.60. The number of anilines is 1. The van der Waals surface area contributed by atoms with E-state index in [-0.39, 0.29) is 40.1 Å². The van der Waals surface area contributed by atoms with Gasteiger partial charge in [0, 0.05) is 37.3 Å². The van der Waals surface area contributed by atoms with Crippen LogP contribution in [0.25, 0.3) is 0 Å². The maximum atomic E-state index is 12.8. The molecular weight excluding hydrogens is 462 g/mol. The van der Waals surface area contributed by atoms with Gasteiger partial charge in [-0.05, 0) is 54.2 Å². The van der Waals surface area contributed by atoms with Crippen LogP contribution in [0.4, 0.5) is 5.69 Å². The van der Waals surface area contributed by atoms with Gasteiger partial charge in [-0.3, -0.25) is 9.59 Å². The molecule has 1 fully saturated rings. The highest BCUT2D eigenvalue weighted by Gasteiger charge is 2.29. The number of sulfonamides is 1. The number of nitrogens with zero attached hydrogens (tertiary/aromatic N) is 1. The van der Waals surface area contributed by atoms with E-state index in [2.05, 4.69) is 31.4 Å². The predicted molar refractivity (Wildman–Crippen MR) is 130 cm³/mol. The highest BCUT2D eigenvalue weighted by molar-refractivity contribution is 7.89. The van der Waals surface area contributed by atoms with E-state index in [1.54, 1.807) is 18.2 Å². The first-order chi connectivity index (χ1) is 15.5. The van der Waals surface area contributed by atoms with Gasteiger partial charge < -0.3 is 10.6 Å². The Balaban J connectivity index is 1.55. The van der Waals surface area contributed by atoms with E-state index in [9.17, 15) is 18.0 Å². The molecule has 1 aliphatic rings. The van der Waals surface area contributed by atoms with Crippen LogP contribution in [0.5, 0.6) is 0 Å². The molecule has 0 bridgehead atoms. The minimum atomic E-state index is -3.71. The van der Waals surface area contributed by atoms with E-state index < -0.39 is 10.0 Å². The zero-order valence-electron chi connectivity index (χ0n) is 19.2. The number of amides is 2. The molecule has 0 spiro atoms. The lowest BCUT2D eigenvalue weighted by Crippen LogP contribution is -2.28. The van der Waals surface area contributed by atoms with Crippen molar-refractivity contribution >= 4 is 39.1 Å². The molecule has 2 aromatic rings. The Morgan fingerprint density at radius 3 is 2.27 bits per heavy atom. The molecule has 2 amide bonds. The molecule has 7 nitrogen and oxygen atoms in total. The molecule has 178 valence electrons. The molecule has 2 N–H and O–H groups in total. The number of hydrogen-bond acceptors (Lipinski definition) is 4. The van der Waals surface area contributed by atoms with Gasteiger partial charge in [0.2, 0.25) is 15.9 Å². The lowest BCUT2D eigenvalue weighted by atomic mass is 9.87. The number of hydrogen-bond donors (Lipinski definition) is 2. The SMILES string of the molecule is CC(C)(C)c1ccc(C(=O)NCCC(=O)Nc2ccc(Cl)c(S(=O)(=O)N3CCCC3)c2)cc1. The van der Waals surface area contributed by atoms with Crippen LogP contribution in [-0.4, -0.2) is 44.2 Å². The number of carbonyl (C=O) groups excluding carboxylic acids is 2. The number of rotatable bonds is 7. The number of carbonyl (C=O) groups is 2. The summed E-state index contributed by atoms with van der Waals surface area (Å²) in [5.41, 5.74) is 2.00. The summed E-state index contributed by atoms with van der Waals surface area (Å²) in [5.74, 6) is -0.598. The topological polar surface area (TPSA) is 95.6 Å². The van der Waals surface area contributed by atoms with Gasteiger partial charge >= 0.3 is 0 Å². The van der Waals surface area contributed by atoms with Gasteiger partial charge in [0.25, 0.3) is 5.91 Å². The normalized spacial score (nSPS) is 14.8. The summed E-state index contributed by atoms with van der Waals surface area (Å²) in [6.07, 6.45) is 1.68. The lowest BCUT2D eigenvalue weighted by Gasteiger charge is -2.19. The summed E-state index contributed by atoms with van der Waals surface area (Å²) in [6.45, 7) is 7.39. The van der Waals surface area contributed by atoms with Gasteiger partial charge in [0.1, 0.15) is 4.90 Å². The Morgan fingerprint density at radius 1 is 1.03 bits per heavy atom. The summed E-state index contributed by atoms with van der Waals surface area (Å²) < 4.78 is 27.1. The quantitative estimate of drug-likeness (QED) is 0.607. The third-order valence-corrected chi connectivity index (χ3v) is 7.93. The van der Waals surface area contributed by atoms with Crippen LogP contribution in [0.1, 0.15) is 56.0 Å². The maximum Gasteiger partial charge on any atom is 0.251 e. The fraction of sp³-hybridized carbons (Fsp3) is 0.417. The Kier molecular flexibility index (Phi) is 7.82. The molecule has 1 aliphatic heterocycles. The zero-order valence-corrected chi connectivity index (χ0v) is 20.7. The van der Waals surface area contributed by atoms with Crippen LogP contribution in [0.3, 0.4) is 0 Å². The molecule has 0 saturated carbocycles. The molecule has 9 heteroatoms. The average molecular weight is 492 g/mol. The molecule has 1 heterocycles. The molecule has 0 aromatic heterocycles. The molecule has 0 unspecified atom stereocenters. The van der Waals surface area contributed by atoms with E-state index in [1.807, 2.05) is 12.1 Å². The molecule has 0 atom stereocenters. The van der Waals surface area contributed by atoms with E-state index in [0.29, 0.717) is 24.3 Å². The van der Waals surface area contributed by atoms with E-state index in [1.165, 1.54) is 16.4 Å². The maximum absolute atomic E-state index is 12.8. The van der Waals surface area contributed by atoms with Crippen LogP contribution < -0.4 is 10.6 Å². The van der Waals surface area contributed by atoms with Crippen molar-refractivity contribution in [2.24, 2.45) is 0 Å². The van der Waals surface area contributed by atoms with Crippen molar-refractivity contribution in [1.29, 1.82) is 0 Å². The van der Waals surface area contributed by atoms with Gasteiger partial charge in [0.15, 0.2) is 0 Å².